The van der Waals surface area contributed by atoms with Gasteiger partial charge in [-0.2, -0.15) is 0 Å². The Balaban J connectivity index is 0.00000408. The molecule has 1 unspecified atom stereocenters. The van der Waals surface area contributed by atoms with Crippen LogP contribution in [0.1, 0.15) is 25.5 Å². The number of aromatic hydroxyl groups is 1. The molecule has 188 valence electrons. The molecule has 9 heteroatoms. The van der Waals surface area contributed by atoms with Crippen molar-refractivity contribution < 1.29 is 13.3 Å². The first-order valence-electron chi connectivity index (χ1n) is 11.7. The van der Waals surface area contributed by atoms with Gasteiger partial charge in [0.2, 0.25) is 0 Å². The molecule has 0 radical (unpaired) electrons. The highest BCUT2D eigenvalue weighted by Gasteiger charge is 2.41. The minimum Gasteiger partial charge on any atom is -0.505 e. The summed E-state index contributed by atoms with van der Waals surface area (Å²) in [5.74, 6) is 0.549. The second-order valence-electron chi connectivity index (χ2n) is 11.3. The summed E-state index contributed by atoms with van der Waals surface area (Å²) in [5, 5.41) is 20.3. The van der Waals surface area contributed by atoms with E-state index >= 15 is 0 Å². The molecule has 0 spiro atoms. The first-order valence-corrected chi connectivity index (χ1v) is 21.0. The number of phenolic OH excluding ortho intramolecular Hbond substituents is 1. The molecule has 0 saturated heterocycles. The topological polar surface area (TPSA) is 69.4 Å². The summed E-state index contributed by atoms with van der Waals surface area (Å²) >= 11 is 0. The molecule has 6 nitrogen and oxygen atoms in total. The highest BCUT2D eigenvalue weighted by atomic mass is 28.5. The fourth-order valence-corrected chi connectivity index (χ4v) is 17.6. The van der Waals surface area contributed by atoms with E-state index in [4.69, 9.17) is 8.23 Å². The van der Waals surface area contributed by atoms with Crippen molar-refractivity contribution in [3.63, 3.8) is 0 Å². The predicted octanol–water partition coefficient (Wildman–Crippen LogP) is 7.02. The summed E-state index contributed by atoms with van der Waals surface area (Å²) < 4.78 is 13.4. The van der Waals surface area contributed by atoms with Gasteiger partial charge in [-0.15, -0.1) is 15.0 Å². The van der Waals surface area contributed by atoms with E-state index in [1.54, 1.807) is 4.80 Å². The Hall–Kier alpha value is -1.79. The van der Waals surface area contributed by atoms with E-state index < -0.39 is 25.2 Å². The Morgan fingerprint density at radius 3 is 1.88 bits per heavy atom. The number of rotatable bonds is 9. The molecule has 0 aliphatic heterocycles. The summed E-state index contributed by atoms with van der Waals surface area (Å²) in [6.07, 6.45) is 0.744. The zero-order valence-electron chi connectivity index (χ0n) is 21.6. The minimum absolute atomic E-state index is 0. The molecule has 3 rings (SSSR count). The Labute approximate surface area is 208 Å². The van der Waals surface area contributed by atoms with E-state index in [1.807, 2.05) is 37.3 Å². The lowest BCUT2D eigenvalue weighted by atomic mass is 9.99. The molecule has 1 heterocycles. The molecule has 0 saturated carbocycles. The van der Waals surface area contributed by atoms with E-state index in [2.05, 4.69) is 69.0 Å². The number of nitrogens with zero attached hydrogens (tertiary/aromatic N) is 3. The van der Waals surface area contributed by atoms with Crippen molar-refractivity contribution >= 4 is 36.2 Å². The molecule has 1 aromatic heterocycles. The van der Waals surface area contributed by atoms with Crippen LogP contribution in [-0.2, 0) is 14.7 Å². The number of hydrogen-bond acceptors (Lipinski definition) is 5. The minimum atomic E-state index is -2.36. The molecule has 0 bridgehead atoms. The van der Waals surface area contributed by atoms with Gasteiger partial charge in [0.1, 0.15) is 22.5 Å². The van der Waals surface area contributed by atoms with Gasteiger partial charge in [-0.3, -0.25) is 0 Å². The van der Waals surface area contributed by atoms with Gasteiger partial charge < -0.3 is 13.3 Å². The molecule has 0 aliphatic rings. The third-order valence-electron chi connectivity index (χ3n) is 5.15. The number of aryl methyl sites for hydroxylation is 1. The van der Waals surface area contributed by atoms with Crippen molar-refractivity contribution in [2.75, 3.05) is 0 Å². The van der Waals surface area contributed by atoms with Crippen LogP contribution in [0, 0.1) is 12.8 Å². The van der Waals surface area contributed by atoms with Crippen molar-refractivity contribution in [2.24, 2.45) is 5.92 Å². The van der Waals surface area contributed by atoms with Gasteiger partial charge in [0.25, 0.3) is 0 Å². The summed E-state index contributed by atoms with van der Waals surface area (Å²) in [7, 11) is -5.86. The van der Waals surface area contributed by atoms with Crippen LogP contribution in [0.15, 0.2) is 36.4 Å². The lowest BCUT2D eigenvalue weighted by Gasteiger charge is -2.39. The molecular formula is C25H43N3O3Si3. The monoisotopic (exact) mass is 517 g/mol. The van der Waals surface area contributed by atoms with Crippen LogP contribution in [0.25, 0.3) is 16.7 Å². The van der Waals surface area contributed by atoms with Gasteiger partial charge in [0.05, 0.1) is 0 Å². The Bertz CT molecular complexity index is 1070. The molecule has 0 aliphatic carbocycles. The quantitative estimate of drug-likeness (QED) is 0.309. The molecule has 34 heavy (non-hydrogen) atoms. The van der Waals surface area contributed by atoms with Crippen LogP contribution in [-0.4, -0.2) is 45.3 Å². The van der Waals surface area contributed by atoms with Gasteiger partial charge in [0.15, 0.2) is 16.6 Å². The number of aromatic nitrogens is 3. The zero-order valence-corrected chi connectivity index (χ0v) is 24.6. The summed E-state index contributed by atoms with van der Waals surface area (Å²) in [6, 6.07) is 12.6. The Kier molecular flexibility index (Phi) is 8.74. The van der Waals surface area contributed by atoms with Crippen LogP contribution in [0.5, 0.6) is 5.75 Å². The number of benzene rings is 2. The average Bonchev–Trinajstić information content (AvgIpc) is 3.04. The van der Waals surface area contributed by atoms with E-state index in [0.29, 0.717) is 11.6 Å². The SMILES string of the molecule is C.Cc1cc(CC(C)C[Si](C)(O[Si](C)(C)C)O[Si](C)(C)C)c(O)c(-n2nc3ccccc3n2)c1. The van der Waals surface area contributed by atoms with Crippen molar-refractivity contribution in [1.82, 2.24) is 15.0 Å². The number of phenols is 1. The number of hydrogen-bond donors (Lipinski definition) is 1. The van der Waals surface area contributed by atoms with Crippen LogP contribution in [0.2, 0.25) is 51.9 Å². The zero-order chi connectivity index (χ0) is 24.6. The summed E-state index contributed by atoms with van der Waals surface area (Å²) in [6.45, 7) is 19.9. The van der Waals surface area contributed by atoms with Gasteiger partial charge >= 0.3 is 8.56 Å². The first kappa shape index (κ1) is 28.4. The maximum absolute atomic E-state index is 11.2. The average molecular weight is 518 g/mol. The summed E-state index contributed by atoms with van der Waals surface area (Å²) in [4.78, 5) is 1.54. The van der Waals surface area contributed by atoms with E-state index in [1.165, 1.54) is 0 Å². The fourth-order valence-electron chi connectivity index (χ4n) is 4.59. The lowest BCUT2D eigenvalue weighted by molar-refractivity contribution is 0.368. The van der Waals surface area contributed by atoms with Crippen LogP contribution < -0.4 is 0 Å². The highest BCUT2D eigenvalue weighted by molar-refractivity contribution is 6.87. The first-order chi connectivity index (χ1) is 15.1. The normalized spacial score (nSPS) is 13.7. The van der Waals surface area contributed by atoms with Gasteiger partial charge in [-0.1, -0.05) is 32.5 Å². The lowest BCUT2D eigenvalue weighted by Crippen LogP contribution is -2.53. The second kappa shape index (κ2) is 10.4. The number of fused-ring (bicyclic) bond motifs is 1. The van der Waals surface area contributed by atoms with Crippen LogP contribution in [0.4, 0.5) is 0 Å². The third kappa shape index (κ3) is 7.61. The van der Waals surface area contributed by atoms with Crippen molar-refractivity contribution in [3.05, 3.63) is 47.5 Å². The second-order valence-corrected chi connectivity index (χ2v) is 24.1. The molecule has 3 aromatic rings. The fraction of sp³-hybridized carbons (Fsp3) is 0.520. The third-order valence-corrected chi connectivity index (χ3v) is 14.9. The molecule has 2 aromatic carbocycles. The molecule has 0 fully saturated rings. The van der Waals surface area contributed by atoms with E-state index in [-0.39, 0.29) is 13.2 Å². The molecule has 0 amide bonds. The molecular weight excluding hydrogens is 475 g/mol. The van der Waals surface area contributed by atoms with E-state index in [9.17, 15) is 5.11 Å². The maximum Gasteiger partial charge on any atom is 0.314 e. The van der Waals surface area contributed by atoms with Gasteiger partial charge in [-0.05, 0) is 100 Å². The maximum atomic E-state index is 11.2. The largest absolute Gasteiger partial charge is 0.505 e. The van der Waals surface area contributed by atoms with Crippen molar-refractivity contribution in [3.8, 4) is 11.4 Å². The van der Waals surface area contributed by atoms with Crippen molar-refractivity contribution in [2.45, 2.75) is 79.6 Å². The van der Waals surface area contributed by atoms with Crippen LogP contribution in [0.3, 0.4) is 0 Å². The predicted molar refractivity (Wildman–Crippen MR) is 150 cm³/mol. The molecule has 1 atom stereocenters. The molecule has 1 N–H and O–H groups in total. The Morgan fingerprint density at radius 1 is 0.912 bits per heavy atom. The van der Waals surface area contributed by atoms with Crippen LogP contribution >= 0.6 is 0 Å². The highest BCUT2D eigenvalue weighted by Crippen LogP contribution is 2.33. The Morgan fingerprint density at radius 2 is 1.41 bits per heavy atom. The van der Waals surface area contributed by atoms with Crippen molar-refractivity contribution in [1.29, 1.82) is 0 Å². The standard InChI is InChI=1S/C24H39N3O3Si3.CH4/c1-18-14-20(15-19(2)17-33(9,29-31(3,4)5)30-32(6,7)8)24(28)23(16-18)27-25-21-12-10-11-13-22(21)26-27;/h10-14,16,19,28H,15,17H2,1-9H3;1H4. The smallest absolute Gasteiger partial charge is 0.314 e. The summed E-state index contributed by atoms with van der Waals surface area (Å²) in [5.41, 5.74) is 4.22. The van der Waals surface area contributed by atoms with E-state index in [0.717, 1.165) is 34.6 Å². The van der Waals surface area contributed by atoms with Gasteiger partial charge in [-0.25, -0.2) is 0 Å². The van der Waals surface area contributed by atoms with Gasteiger partial charge in [0, 0.05) is 0 Å².